The van der Waals surface area contributed by atoms with Crippen molar-refractivity contribution in [2.45, 2.75) is 45.1 Å². The van der Waals surface area contributed by atoms with E-state index in [-0.39, 0.29) is 35.6 Å². The van der Waals surface area contributed by atoms with Gasteiger partial charge in [-0.1, -0.05) is 18.2 Å². The average molecular weight is 519 g/mol. The van der Waals surface area contributed by atoms with Crippen molar-refractivity contribution in [3.63, 3.8) is 0 Å². The number of benzene rings is 1. The maximum Gasteiger partial charge on any atom is 0.235 e. The molecule has 1 aromatic carbocycles. The molecular weight excluding hydrogens is 491 g/mol. The Bertz CT molecular complexity index is 1520. The van der Waals surface area contributed by atoms with E-state index < -0.39 is 5.41 Å². The third kappa shape index (κ3) is 4.61. The number of unbranched alkanes of at least 4 members (excludes halogenated alkanes) is 1. The molecule has 0 fully saturated rings. The third-order valence-electron chi connectivity index (χ3n) is 6.60. The van der Waals surface area contributed by atoms with E-state index in [1.54, 1.807) is 60.8 Å². The molecule has 0 saturated heterocycles. The molecule has 0 atom stereocenters. The number of aromatic nitrogens is 5. The predicted octanol–water partition coefficient (Wildman–Crippen LogP) is 5.02. The van der Waals surface area contributed by atoms with Crippen molar-refractivity contribution in [3.05, 3.63) is 65.2 Å². The van der Waals surface area contributed by atoms with Crippen LogP contribution in [-0.2, 0) is 16.8 Å². The lowest BCUT2D eigenvalue weighted by Gasteiger charge is -2.17. The van der Waals surface area contributed by atoms with Crippen molar-refractivity contribution < 1.29 is 14.0 Å². The van der Waals surface area contributed by atoms with Gasteiger partial charge in [-0.3, -0.25) is 9.59 Å². The van der Waals surface area contributed by atoms with Crippen LogP contribution in [-0.4, -0.2) is 48.4 Å². The second-order valence-electron chi connectivity index (χ2n) is 9.54. The number of amides is 1. The molecule has 3 aromatic heterocycles. The summed E-state index contributed by atoms with van der Waals surface area (Å²) < 4.78 is 16.0. The first-order valence-corrected chi connectivity index (χ1v) is 13.5. The van der Waals surface area contributed by atoms with Crippen LogP contribution in [0.1, 0.15) is 54.7 Å². The van der Waals surface area contributed by atoms with Crippen molar-refractivity contribution in [2.75, 3.05) is 17.3 Å². The van der Waals surface area contributed by atoms with Gasteiger partial charge in [0.15, 0.2) is 17.3 Å². The number of pyridine rings is 1. The molecule has 4 heterocycles. The third-order valence-corrected chi connectivity index (χ3v) is 7.29. The second kappa shape index (κ2) is 10.0. The SMILES string of the molecule is CSCCCCC(=O)c1nc(-c2nn(Cc3ccccc3F)c3ncccc23)nc2c1C(C)(C)C(=O)N2. The lowest BCUT2D eigenvalue weighted by Crippen LogP contribution is -2.28. The molecule has 0 spiro atoms. The smallest absolute Gasteiger partial charge is 0.235 e. The highest BCUT2D eigenvalue weighted by Gasteiger charge is 2.44. The van der Waals surface area contributed by atoms with E-state index in [1.165, 1.54) is 6.07 Å². The van der Waals surface area contributed by atoms with Crippen LogP contribution in [0, 0.1) is 5.82 Å². The van der Waals surface area contributed by atoms with Crippen molar-refractivity contribution in [1.29, 1.82) is 0 Å². The van der Waals surface area contributed by atoms with E-state index in [0.717, 1.165) is 18.6 Å². The number of Topliss-reactive ketones (excluding diaryl/α,β-unsaturated/α-hetero) is 1. The van der Waals surface area contributed by atoms with Crippen LogP contribution in [0.15, 0.2) is 42.6 Å². The maximum atomic E-state index is 14.4. The fourth-order valence-electron chi connectivity index (χ4n) is 4.55. The van der Waals surface area contributed by atoms with Crippen LogP contribution in [0.2, 0.25) is 0 Å². The number of carbonyl (C=O) groups excluding carboxylic acids is 2. The quantitative estimate of drug-likeness (QED) is 0.245. The van der Waals surface area contributed by atoms with Gasteiger partial charge in [-0.25, -0.2) is 24.0 Å². The van der Waals surface area contributed by atoms with E-state index in [1.807, 2.05) is 12.3 Å². The number of thioether (sulfide) groups is 1. The minimum atomic E-state index is -0.939. The summed E-state index contributed by atoms with van der Waals surface area (Å²) >= 11 is 1.74. The van der Waals surface area contributed by atoms with Gasteiger partial charge in [0.05, 0.1) is 17.3 Å². The molecule has 190 valence electrons. The summed E-state index contributed by atoms with van der Waals surface area (Å²) in [4.78, 5) is 39.9. The minimum absolute atomic E-state index is 0.126. The van der Waals surface area contributed by atoms with Crippen molar-refractivity contribution in [1.82, 2.24) is 24.7 Å². The monoisotopic (exact) mass is 518 g/mol. The second-order valence-corrected chi connectivity index (χ2v) is 10.5. The number of carbonyl (C=O) groups is 2. The van der Waals surface area contributed by atoms with Gasteiger partial charge < -0.3 is 5.32 Å². The van der Waals surface area contributed by atoms with Gasteiger partial charge in [0.2, 0.25) is 5.91 Å². The molecule has 0 radical (unpaired) electrons. The topological polar surface area (TPSA) is 103 Å². The molecule has 10 heteroatoms. The Hall–Kier alpha value is -3.66. The van der Waals surface area contributed by atoms with Crippen LogP contribution in [0.4, 0.5) is 10.2 Å². The van der Waals surface area contributed by atoms with Gasteiger partial charge in [-0.15, -0.1) is 0 Å². The lowest BCUT2D eigenvalue weighted by atomic mass is 9.84. The Labute approximate surface area is 218 Å². The fraction of sp³-hybridized carbons (Fsp3) is 0.333. The molecule has 5 rings (SSSR count). The van der Waals surface area contributed by atoms with E-state index in [2.05, 4.69) is 15.3 Å². The summed E-state index contributed by atoms with van der Waals surface area (Å²) in [7, 11) is 0. The van der Waals surface area contributed by atoms with Crippen molar-refractivity contribution in [2.24, 2.45) is 0 Å². The first kappa shape index (κ1) is 25.0. The number of halogens is 1. The van der Waals surface area contributed by atoms with Gasteiger partial charge in [0.1, 0.15) is 23.0 Å². The normalized spacial score (nSPS) is 14.1. The van der Waals surface area contributed by atoms with Gasteiger partial charge in [-0.05, 0) is 56.9 Å². The van der Waals surface area contributed by atoms with Crippen LogP contribution in [0.3, 0.4) is 0 Å². The molecule has 8 nitrogen and oxygen atoms in total. The Morgan fingerprint density at radius 3 is 2.73 bits per heavy atom. The number of hydrogen-bond donors (Lipinski definition) is 1. The number of ketones is 1. The maximum absolute atomic E-state index is 14.4. The van der Waals surface area contributed by atoms with Crippen LogP contribution >= 0.6 is 11.8 Å². The standard InChI is InChI=1S/C27H27FN6O2S/c1-27(2)20-22(19(35)12-6-7-14-37-3)30-24(31-23(20)32-26(27)36)21-17-10-8-13-29-25(17)34(33-21)15-16-9-4-5-11-18(16)28/h4-5,8-11,13H,6-7,12,14-15H2,1-3H3,(H,30,31,32,36). The van der Waals surface area contributed by atoms with Gasteiger partial charge >= 0.3 is 0 Å². The Morgan fingerprint density at radius 1 is 1.14 bits per heavy atom. The molecule has 4 aromatic rings. The summed E-state index contributed by atoms with van der Waals surface area (Å²) in [5.41, 5.74) is 1.25. The molecule has 1 N–H and O–H groups in total. The number of fused-ring (bicyclic) bond motifs is 2. The zero-order valence-electron chi connectivity index (χ0n) is 20.9. The number of rotatable bonds is 9. The Kier molecular flexibility index (Phi) is 6.76. The van der Waals surface area contributed by atoms with Crippen molar-refractivity contribution in [3.8, 4) is 11.5 Å². The summed E-state index contributed by atoms with van der Waals surface area (Å²) in [5, 5.41) is 8.19. The molecule has 1 aliphatic rings. The summed E-state index contributed by atoms with van der Waals surface area (Å²) in [5.74, 6) is 0.824. The zero-order chi connectivity index (χ0) is 26.2. The van der Waals surface area contributed by atoms with Crippen LogP contribution < -0.4 is 5.32 Å². The summed E-state index contributed by atoms with van der Waals surface area (Å²) in [6.07, 6.45) is 5.67. The minimum Gasteiger partial charge on any atom is -0.310 e. The zero-order valence-corrected chi connectivity index (χ0v) is 21.7. The van der Waals surface area contributed by atoms with E-state index >= 15 is 0 Å². The Morgan fingerprint density at radius 2 is 1.95 bits per heavy atom. The van der Waals surface area contributed by atoms with E-state index in [4.69, 9.17) is 10.1 Å². The number of anilines is 1. The highest BCUT2D eigenvalue weighted by Crippen LogP contribution is 2.40. The highest BCUT2D eigenvalue weighted by molar-refractivity contribution is 7.98. The number of nitrogens with zero attached hydrogens (tertiary/aromatic N) is 5. The fourth-order valence-corrected chi connectivity index (χ4v) is 5.04. The number of nitrogens with one attached hydrogen (secondary N) is 1. The molecule has 0 bridgehead atoms. The molecule has 1 amide bonds. The van der Waals surface area contributed by atoms with Crippen LogP contribution in [0.5, 0.6) is 0 Å². The molecular formula is C27H27FN6O2S. The van der Waals surface area contributed by atoms with E-state index in [9.17, 15) is 14.0 Å². The predicted molar refractivity (Wildman–Crippen MR) is 142 cm³/mol. The number of hydrogen-bond acceptors (Lipinski definition) is 7. The highest BCUT2D eigenvalue weighted by atomic mass is 32.2. The molecule has 0 saturated carbocycles. The van der Waals surface area contributed by atoms with Gasteiger partial charge in [0, 0.05) is 23.7 Å². The summed E-state index contributed by atoms with van der Waals surface area (Å²) in [6.45, 7) is 3.70. The van der Waals surface area contributed by atoms with Gasteiger partial charge in [0.25, 0.3) is 0 Å². The molecule has 0 unspecified atom stereocenters. The largest absolute Gasteiger partial charge is 0.310 e. The van der Waals surface area contributed by atoms with Gasteiger partial charge in [-0.2, -0.15) is 16.9 Å². The first-order chi connectivity index (χ1) is 17.8. The van der Waals surface area contributed by atoms with Crippen molar-refractivity contribution >= 4 is 40.3 Å². The van der Waals surface area contributed by atoms with E-state index in [0.29, 0.717) is 40.1 Å². The molecule has 37 heavy (non-hydrogen) atoms. The molecule has 0 aliphatic carbocycles. The molecule has 1 aliphatic heterocycles. The van der Waals surface area contributed by atoms with Crippen LogP contribution in [0.25, 0.3) is 22.6 Å². The average Bonchev–Trinajstić information content (AvgIpc) is 3.36. The first-order valence-electron chi connectivity index (χ1n) is 12.1. The summed E-state index contributed by atoms with van der Waals surface area (Å²) in [6, 6.07) is 10.1. The lowest BCUT2D eigenvalue weighted by molar-refractivity contribution is -0.119. The Balaban J connectivity index is 1.62.